The standard InChI is InChI=1S/C18H23N3OS/c1-2-13-3-5-14(6-4-13)11-21(15-7-8-15)18(22)16-12-23-17(20-16)9-10-19/h3-6,12,15H,2,7-11,19H2,1H3. The monoisotopic (exact) mass is 329 g/mol. The maximum Gasteiger partial charge on any atom is 0.273 e. The molecule has 0 spiro atoms. The predicted molar refractivity (Wildman–Crippen MR) is 93.6 cm³/mol. The normalized spacial score (nSPS) is 14.0. The summed E-state index contributed by atoms with van der Waals surface area (Å²) in [5.74, 6) is 0.0478. The van der Waals surface area contributed by atoms with Gasteiger partial charge in [-0.15, -0.1) is 11.3 Å². The molecule has 1 fully saturated rings. The molecule has 122 valence electrons. The third-order valence-electron chi connectivity index (χ3n) is 4.16. The van der Waals surface area contributed by atoms with E-state index in [4.69, 9.17) is 5.73 Å². The zero-order valence-corrected chi connectivity index (χ0v) is 14.3. The lowest BCUT2D eigenvalue weighted by Gasteiger charge is -2.21. The van der Waals surface area contributed by atoms with Crippen LogP contribution in [-0.2, 0) is 19.4 Å². The number of nitrogens with zero attached hydrogens (tertiary/aromatic N) is 2. The summed E-state index contributed by atoms with van der Waals surface area (Å²) in [6.07, 6.45) is 3.96. The van der Waals surface area contributed by atoms with E-state index in [1.165, 1.54) is 22.5 Å². The summed E-state index contributed by atoms with van der Waals surface area (Å²) in [5, 5.41) is 2.81. The molecule has 5 heteroatoms. The molecule has 0 radical (unpaired) electrons. The van der Waals surface area contributed by atoms with Crippen molar-refractivity contribution >= 4 is 17.2 Å². The molecule has 23 heavy (non-hydrogen) atoms. The molecule has 0 aliphatic heterocycles. The van der Waals surface area contributed by atoms with Gasteiger partial charge in [0.1, 0.15) is 5.69 Å². The Morgan fingerprint density at radius 2 is 2.00 bits per heavy atom. The van der Waals surface area contributed by atoms with Gasteiger partial charge in [0.25, 0.3) is 5.91 Å². The van der Waals surface area contributed by atoms with E-state index in [0.717, 1.165) is 30.7 Å². The summed E-state index contributed by atoms with van der Waals surface area (Å²) in [6, 6.07) is 8.92. The lowest BCUT2D eigenvalue weighted by atomic mass is 10.1. The molecule has 1 aliphatic rings. The molecule has 0 unspecified atom stereocenters. The lowest BCUT2D eigenvalue weighted by Crippen LogP contribution is -2.32. The molecule has 0 saturated heterocycles. The van der Waals surface area contributed by atoms with Gasteiger partial charge in [-0.1, -0.05) is 31.2 Å². The average Bonchev–Trinajstić information content (AvgIpc) is 3.31. The van der Waals surface area contributed by atoms with Crippen molar-refractivity contribution in [2.24, 2.45) is 5.73 Å². The smallest absolute Gasteiger partial charge is 0.273 e. The highest BCUT2D eigenvalue weighted by Gasteiger charge is 2.33. The summed E-state index contributed by atoms with van der Waals surface area (Å²) in [5.41, 5.74) is 8.63. The molecule has 0 atom stereocenters. The number of amides is 1. The average molecular weight is 329 g/mol. The molecule has 2 aromatic rings. The molecular weight excluding hydrogens is 306 g/mol. The van der Waals surface area contributed by atoms with Crippen molar-refractivity contribution in [1.82, 2.24) is 9.88 Å². The molecule has 1 amide bonds. The quantitative estimate of drug-likeness (QED) is 0.849. The van der Waals surface area contributed by atoms with Crippen LogP contribution in [-0.4, -0.2) is 28.4 Å². The highest BCUT2D eigenvalue weighted by molar-refractivity contribution is 7.09. The number of hydrogen-bond donors (Lipinski definition) is 1. The van der Waals surface area contributed by atoms with Gasteiger partial charge >= 0.3 is 0 Å². The van der Waals surface area contributed by atoms with Gasteiger partial charge in [0, 0.05) is 24.4 Å². The zero-order chi connectivity index (χ0) is 16.2. The highest BCUT2D eigenvalue weighted by Crippen LogP contribution is 2.30. The first kappa shape index (κ1) is 16.1. The molecule has 1 aliphatic carbocycles. The highest BCUT2D eigenvalue weighted by atomic mass is 32.1. The molecule has 3 rings (SSSR count). The van der Waals surface area contributed by atoms with Crippen LogP contribution in [0.15, 0.2) is 29.6 Å². The van der Waals surface area contributed by atoms with Crippen molar-refractivity contribution in [3.8, 4) is 0 Å². The topological polar surface area (TPSA) is 59.2 Å². The maximum absolute atomic E-state index is 12.8. The van der Waals surface area contributed by atoms with Crippen LogP contribution in [0.3, 0.4) is 0 Å². The summed E-state index contributed by atoms with van der Waals surface area (Å²) in [4.78, 5) is 19.2. The number of carbonyl (C=O) groups is 1. The van der Waals surface area contributed by atoms with Crippen molar-refractivity contribution in [3.05, 3.63) is 51.5 Å². The van der Waals surface area contributed by atoms with Crippen LogP contribution in [0.2, 0.25) is 0 Å². The third-order valence-corrected chi connectivity index (χ3v) is 5.07. The minimum absolute atomic E-state index is 0.0478. The fraction of sp³-hybridized carbons (Fsp3) is 0.444. The van der Waals surface area contributed by atoms with Crippen molar-refractivity contribution in [2.75, 3.05) is 6.54 Å². The van der Waals surface area contributed by atoms with Crippen molar-refractivity contribution in [2.45, 2.75) is 45.2 Å². The Morgan fingerprint density at radius 1 is 1.30 bits per heavy atom. The van der Waals surface area contributed by atoms with E-state index < -0.39 is 0 Å². The predicted octanol–water partition coefficient (Wildman–Crippen LogP) is 3.01. The van der Waals surface area contributed by atoms with Gasteiger partial charge in [-0.2, -0.15) is 0 Å². The van der Waals surface area contributed by atoms with Crippen molar-refractivity contribution in [1.29, 1.82) is 0 Å². The van der Waals surface area contributed by atoms with Gasteiger partial charge < -0.3 is 10.6 Å². The summed E-state index contributed by atoms with van der Waals surface area (Å²) < 4.78 is 0. The van der Waals surface area contributed by atoms with E-state index in [1.54, 1.807) is 0 Å². The number of benzene rings is 1. The second kappa shape index (κ2) is 7.23. The third kappa shape index (κ3) is 3.98. The number of thiazole rings is 1. The van der Waals surface area contributed by atoms with Crippen LogP contribution < -0.4 is 5.73 Å². The number of aryl methyl sites for hydroxylation is 1. The molecule has 1 saturated carbocycles. The van der Waals surface area contributed by atoms with Crippen LogP contribution in [0.1, 0.15) is 46.4 Å². The van der Waals surface area contributed by atoms with Crippen LogP contribution in [0.5, 0.6) is 0 Å². The van der Waals surface area contributed by atoms with E-state index in [0.29, 0.717) is 24.8 Å². The second-order valence-electron chi connectivity index (χ2n) is 6.00. The van der Waals surface area contributed by atoms with Gasteiger partial charge in [-0.3, -0.25) is 4.79 Å². The summed E-state index contributed by atoms with van der Waals surface area (Å²) >= 11 is 1.52. The maximum atomic E-state index is 12.8. The molecule has 2 N–H and O–H groups in total. The Bertz CT molecular complexity index is 661. The van der Waals surface area contributed by atoms with Crippen LogP contribution >= 0.6 is 11.3 Å². The van der Waals surface area contributed by atoms with E-state index in [9.17, 15) is 4.79 Å². The van der Waals surface area contributed by atoms with Crippen molar-refractivity contribution < 1.29 is 4.79 Å². The fourth-order valence-electron chi connectivity index (χ4n) is 2.62. The number of nitrogens with two attached hydrogens (primary N) is 1. The van der Waals surface area contributed by atoms with Gasteiger partial charge in [-0.05, 0) is 36.9 Å². The molecule has 4 nitrogen and oxygen atoms in total. The minimum Gasteiger partial charge on any atom is -0.330 e. The lowest BCUT2D eigenvalue weighted by molar-refractivity contribution is 0.0724. The molecule has 0 bridgehead atoms. The van der Waals surface area contributed by atoms with E-state index >= 15 is 0 Å². The molecular formula is C18H23N3OS. The summed E-state index contributed by atoms with van der Waals surface area (Å²) in [7, 11) is 0. The van der Waals surface area contributed by atoms with Crippen LogP contribution in [0.25, 0.3) is 0 Å². The number of hydrogen-bond acceptors (Lipinski definition) is 4. The van der Waals surface area contributed by atoms with E-state index in [2.05, 4.69) is 36.2 Å². The molecule has 1 aromatic carbocycles. The Morgan fingerprint density at radius 3 is 2.61 bits per heavy atom. The number of carbonyl (C=O) groups excluding carboxylic acids is 1. The van der Waals surface area contributed by atoms with Gasteiger partial charge in [0.15, 0.2) is 0 Å². The summed E-state index contributed by atoms with van der Waals surface area (Å²) in [6.45, 7) is 3.38. The van der Waals surface area contributed by atoms with Crippen molar-refractivity contribution in [3.63, 3.8) is 0 Å². The SMILES string of the molecule is CCc1ccc(CN(C(=O)c2csc(CCN)n2)C2CC2)cc1. The Hall–Kier alpha value is -1.72. The number of rotatable bonds is 7. The minimum atomic E-state index is 0.0478. The molecule has 1 aromatic heterocycles. The Labute approximate surface area is 141 Å². The first-order chi connectivity index (χ1) is 11.2. The van der Waals surface area contributed by atoms with Gasteiger partial charge in [-0.25, -0.2) is 4.98 Å². The Balaban J connectivity index is 1.73. The van der Waals surface area contributed by atoms with Gasteiger partial charge in [0.2, 0.25) is 0 Å². The largest absolute Gasteiger partial charge is 0.330 e. The van der Waals surface area contributed by atoms with Crippen LogP contribution in [0, 0.1) is 0 Å². The fourth-order valence-corrected chi connectivity index (χ4v) is 3.41. The van der Waals surface area contributed by atoms with E-state index in [-0.39, 0.29) is 5.91 Å². The number of aromatic nitrogens is 1. The first-order valence-corrected chi connectivity index (χ1v) is 9.12. The first-order valence-electron chi connectivity index (χ1n) is 8.24. The molecule has 1 heterocycles. The Kier molecular flexibility index (Phi) is 5.08. The zero-order valence-electron chi connectivity index (χ0n) is 13.5. The van der Waals surface area contributed by atoms with E-state index in [1.807, 2.05) is 10.3 Å². The second-order valence-corrected chi connectivity index (χ2v) is 6.94. The van der Waals surface area contributed by atoms with Gasteiger partial charge in [0.05, 0.1) is 5.01 Å². The van der Waals surface area contributed by atoms with Crippen LogP contribution in [0.4, 0.5) is 0 Å².